The summed E-state index contributed by atoms with van der Waals surface area (Å²) in [5, 5.41) is 2.88. The molecular formula is C24H30N4O2. The fraction of sp³-hybridized carbons (Fsp3) is 0.333. The van der Waals surface area contributed by atoms with E-state index in [9.17, 15) is 9.59 Å². The zero-order chi connectivity index (χ0) is 21.5. The molecule has 1 saturated heterocycles. The lowest BCUT2D eigenvalue weighted by Crippen LogP contribution is -2.37. The Hall–Kier alpha value is -3.12. The maximum atomic E-state index is 12.2. The Bertz CT molecular complexity index is 880. The van der Waals surface area contributed by atoms with Crippen LogP contribution < -0.4 is 16.0 Å². The lowest BCUT2D eigenvalue weighted by molar-refractivity contribution is -0.111. The van der Waals surface area contributed by atoms with Gasteiger partial charge in [0.05, 0.1) is 0 Å². The summed E-state index contributed by atoms with van der Waals surface area (Å²) in [6.45, 7) is 3.30. The van der Waals surface area contributed by atoms with Crippen molar-refractivity contribution in [2.24, 2.45) is 11.7 Å². The molecule has 1 fully saturated rings. The third kappa shape index (κ3) is 6.19. The van der Waals surface area contributed by atoms with Gasteiger partial charge in [0, 0.05) is 42.6 Å². The van der Waals surface area contributed by atoms with Crippen molar-refractivity contribution in [3.05, 3.63) is 65.7 Å². The number of rotatable bonds is 7. The number of amides is 2. The first-order valence-electron chi connectivity index (χ1n) is 10.3. The number of nitrogens with zero attached hydrogens (tertiary/aromatic N) is 2. The fourth-order valence-electron chi connectivity index (χ4n) is 3.76. The van der Waals surface area contributed by atoms with Gasteiger partial charge in [-0.15, -0.1) is 0 Å². The number of benzene rings is 2. The number of nitrogens with one attached hydrogen (secondary N) is 1. The Balaban J connectivity index is 1.50. The van der Waals surface area contributed by atoms with Crippen LogP contribution >= 0.6 is 0 Å². The maximum absolute atomic E-state index is 12.2. The van der Waals surface area contributed by atoms with E-state index in [1.165, 1.54) is 24.6 Å². The van der Waals surface area contributed by atoms with E-state index in [0.717, 1.165) is 36.8 Å². The molecule has 0 spiro atoms. The Labute approximate surface area is 178 Å². The first-order chi connectivity index (χ1) is 14.4. The maximum Gasteiger partial charge on any atom is 0.248 e. The molecule has 1 aliphatic rings. The van der Waals surface area contributed by atoms with Crippen LogP contribution in [0.1, 0.15) is 28.8 Å². The second-order valence-corrected chi connectivity index (χ2v) is 8.05. The molecule has 1 aliphatic heterocycles. The summed E-state index contributed by atoms with van der Waals surface area (Å²) in [5.74, 6) is 0.101. The second-order valence-electron chi connectivity index (χ2n) is 8.05. The van der Waals surface area contributed by atoms with Gasteiger partial charge in [0.25, 0.3) is 0 Å². The van der Waals surface area contributed by atoms with Gasteiger partial charge in [0.1, 0.15) is 0 Å². The topological polar surface area (TPSA) is 78.7 Å². The molecular weight excluding hydrogens is 376 g/mol. The number of anilines is 2. The average molecular weight is 407 g/mol. The zero-order valence-electron chi connectivity index (χ0n) is 17.7. The molecule has 2 amide bonds. The lowest BCUT2D eigenvalue weighted by atomic mass is 9.96. The molecule has 3 rings (SSSR count). The van der Waals surface area contributed by atoms with Gasteiger partial charge in [-0.1, -0.05) is 12.1 Å². The number of hydrogen-bond acceptors (Lipinski definition) is 4. The van der Waals surface area contributed by atoms with E-state index in [0.29, 0.717) is 5.56 Å². The normalized spacial score (nSPS) is 15.0. The first kappa shape index (κ1) is 21.6. The van der Waals surface area contributed by atoms with E-state index < -0.39 is 5.91 Å². The van der Waals surface area contributed by atoms with Gasteiger partial charge in [-0.25, -0.2) is 0 Å². The van der Waals surface area contributed by atoms with E-state index >= 15 is 0 Å². The van der Waals surface area contributed by atoms with E-state index in [1.807, 2.05) is 12.1 Å². The van der Waals surface area contributed by atoms with Gasteiger partial charge in [-0.2, -0.15) is 0 Å². The summed E-state index contributed by atoms with van der Waals surface area (Å²) in [6.07, 6.45) is 5.60. The highest BCUT2D eigenvalue weighted by Crippen LogP contribution is 2.25. The minimum atomic E-state index is -0.468. The molecule has 30 heavy (non-hydrogen) atoms. The van der Waals surface area contributed by atoms with Gasteiger partial charge in [-0.3, -0.25) is 9.59 Å². The third-order valence-electron chi connectivity index (χ3n) is 5.36. The van der Waals surface area contributed by atoms with Crippen LogP contribution in [-0.4, -0.2) is 50.4 Å². The summed E-state index contributed by atoms with van der Waals surface area (Å²) in [5.41, 5.74) is 8.45. The van der Waals surface area contributed by atoms with Crippen LogP contribution in [0.15, 0.2) is 54.6 Å². The monoisotopic (exact) mass is 406 g/mol. The molecule has 2 aromatic carbocycles. The van der Waals surface area contributed by atoms with Crippen LogP contribution in [0.5, 0.6) is 0 Å². The summed E-state index contributed by atoms with van der Waals surface area (Å²) in [6, 6.07) is 14.8. The highest BCUT2D eigenvalue weighted by atomic mass is 16.1. The number of carbonyl (C=O) groups excluding carboxylic acids is 2. The third-order valence-corrected chi connectivity index (χ3v) is 5.36. The first-order valence-corrected chi connectivity index (χ1v) is 10.3. The van der Waals surface area contributed by atoms with E-state index in [2.05, 4.69) is 41.3 Å². The molecule has 0 radical (unpaired) electrons. The zero-order valence-corrected chi connectivity index (χ0v) is 17.7. The number of nitrogens with two attached hydrogens (primary N) is 1. The molecule has 0 unspecified atom stereocenters. The minimum absolute atomic E-state index is 0.203. The van der Waals surface area contributed by atoms with Crippen LogP contribution in [0.25, 0.3) is 6.08 Å². The molecule has 1 heterocycles. The molecule has 0 aromatic heterocycles. The van der Waals surface area contributed by atoms with Crippen molar-refractivity contribution >= 4 is 29.3 Å². The van der Waals surface area contributed by atoms with Gasteiger partial charge >= 0.3 is 0 Å². The van der Waals surface area contributed by atoms with Crippen molar-refractivity contribution in [1.29, 1.82) is 0 Å². The van der Waals surface area contributed by atoms with Crippen LogP contribution in [0, 0.1) is 5.92 Å². The molecule has 6 nitrogen and oxygen atoms in total. The van der Waals surface area contributed by atoms with E-state index in [-0.39, 0.29) is 5.91 Å². The standard InChI is InChI=1S/C24H30N4O2/c1-27(2)17-19-13-15-28(16-14-19)22-10-8-21(9-11-22)26-23(29)12-5-18-3-6-20(7-4-18)24(25)30/h3-12,19H,13-17H2,1-2H3,(H2,25,30)(H,26,29)/b12-5-. The van der Waals surface area contributed by atoms with Crippen LogP contribution in [0.3, 0.4) is 0 Å². The van der Waals surface area contributed by atoms with Crippen LogP contribution in [0.4, 0.5) is 11.4 Å². The predicted molar refractivity (Wildman–Crippen MR) is 123 cm³/mol. The smallest absolute Gasteiger partial charge is 0.248 e. The van der Waals surface area contributed by atoms with Gasteiger partial charge in [0.2, 0.25) is 11.8 Å². The quantitative estimate of drug-likeness (QED) is 0.692. The summed E-state index contributed by atoms with van der Waals surface area (Å²) in [4.78, 5) is 28.0. The molecule has 3 N–H and O–H groups in total. The second kappa shape index (κ2) is 10.1. The molecule has 0 atom stereocenters. The highest BCUT2D eigenvalue weighted by Gasteiger charge is 2.19. The van der Waals surface area contributed by atoms with E-state index in [1.54, 1.807) is 30.3 Å². The molecule has 0 aliphatic carbocycles. The fourth-order valence-corrected chi connectivity index (χ4v) is 3.76. The predicted octanol–water partition coefficient (Wildman–Crippen LogP) is 3.22. The van der Waals surface area contributed by atoms with Crippen LogP contribution in [-0.2, 0) is 4.79 Å². The van der Waals surface area contributed by atoms with Crippen molar-refractivity contribution < 1.29 is 9.59 Å². The molecule has 0 bridgehead atoms. The summed E-state index contributed by atoms with van der Waals surface area (Å²) >= 11 is 0. The molecule has 2 aromatic rings. The van der Waals surface area contributed by atoms with Gasteiger partial charge < -0.3 is 20.9 Å². The largest absolute Gasteiger partial charge is 0.372 e. The number of piperidine rings is 1. The van der Waals surface area contributed by atoms with Gasteiger partial charge in [0.15, 0.2) is 0 Å². The summed E-state index contributed by atoms with van der Waals surface area (Å²) in [7, 11) is 4.27. The Morgan fingerprint density at radius 1 is 1.07 bits per heavy atom. The number of primary amides is 1. The molecule has 6 heteroatoms. The van der Waals surface area contributed by atoms with Gasteiger partial charge in [-0.05, 0) is 80.9 Å². The number of carbonyl (C=O) groups is 2. The highest BCUT2D eigenvalue weighted by molar-refractivity contribution is 6.02. The van der Waals surface area contributed by atoms with Crippen molar-refractivity contribution in [2.75, 3.05) is 43.9 Å². The van der Waals surface area contributed by atoms with Crippen molar-refractivity contribution in [2.45, 2.75) is 12.8 Å². The Kier molecular flexibility index (Phi) is 7.25. The minimum Gasteiger partial charge on any atom is -0.372 e. The lowest BCUT2D eigenvalue weighted by Gasteiger charge is -2.34. The van der Waals surface area contributed by atoms with E-state index in [4.69, 9.17) is 5.73 Å². The molecule has 0 saturated carbocycles. The van der Waals surface area contributed by atoms with Crippen molar-refractivity contribution in [3.8, 4) is 0 Å². The molecule has 158 valence electrons. The van der Waals surface area contributed by atoms with Crippen LogP contribution in [0.2, 0.25) is 0 Å². The Morgan fingerprint density at radius 2 is 1.70 bits per heavy atom. The van der Waals surface area contributed by atoms with Crippen molar-refractivity contribution in [3.63, 3.8) is 0 Å². The average Bonchev–Trinajstić information content (AvgIpc) is 2.73. The summed E-state index contributed by atoms with van der Waals surface area (Å²) < 4.78 is 0. The Morgan fingerprint density at radius 3 is 2.27 bits per heavy atom. The van der Waals surface area contributed by atoms with Crippen molar-refractivity contribution in [1.82, 2.24) is 4.90 Å². The number of hydrogen-bond donors (Lipinski definition) is 2. The SMILES string of the molecule is CN(C)CC1CCN(c2ccc(NC(=O)/C=C\c3ccc(C(N)=O)cc3)cc2)CC1.